The minimum absolute atomic E-state index is 0.0706. The summed E-state index contributed by atoms with van der Waals surface area (Å²) < 4.78 is 21.1. The molecule has 1 aliphatic rings. The molecule has 0 saturated heterocycles. The third kappa shape index (κ3) is 6.05. The summed E-state index contributed by atoms with van der Waals surface area (Å²) in [5.41, 5.74) is 0.941. The molecule has 0 radical (unpaired) electrons. The average Bonchev–Trinajstić information content (AvgIpc) is 3.37. The second-order valence-corrected chi connectivity index (χ2v) is 7.85. The lowest BCUT2D eigenvalue weighted by molar-refractivity contribution is -0.384. The molecule has 37 heavy (non-hydrogen) atoms. The quantitative estimate of drug-likeness (QED) is 0.277. The first kappa shape index (κ1) is 25.3. The van der Waals surface area contributed by atoms with Gasteiger partial charge in [-0.25, -0.2) is 0 Å². The van der Waals surface area contributed by atoms with Crippen molar-refractivity contribution in [2.24, 2.45) is 0 Å². The molecule has 1 aliphatic heterocycles. The summed E-state index contributed by atoms with van der Waals surface area (Å²) in [7, 11) is 2.93. The fraction of sp³-hybridized carbons (Fsp3) is 0.200. The minimum Gasteiger partial charge on any atom is -0.497 e. The number of rotatable bonds is 10. The Balaban J connectivity index is 1.45. The molecule has 3 N–H and O–H groups in total. The predicted molar refractivity (Wildman–Crippen MR) is 133 cm³/mol. The Labute approximate surface area is 211 Å². The Morgan fingerprint density at radius 3 is 2.49 bits per heavy atom. The third-order valence-corrected chi connectivity index (χ3v) is 5.44. The maximum Gasteiger partial charge on any atom is 0.270 e. The number of anilines is 2. The summed E-state index contributed by atoms with van der Waals surface area (Å²) in [6.07, 6.45) is 0. The van der Waals surface area contributed by atoms with Gasteiger partial charge in [0, 0.05) is 24.7 Å². The Bertz CT molecular complexity index is 1340. The highest BCUT2D eigenvalue weighted by atomic mass is 16.7. The lowest BCUT2D eigenvalue weighted by Crippen LogP contribution is -2.28. The van der Waals surface area contributed by atoms with Crippen LogP contribution in [0.4, 0.5) is 17.1 Å². The highest BCUT2D eigenvalue weighted by Gasteiger charge is 2.20. The molecule has 0 unspecified atom stereocenters. The van der Waals surface area contributed by atoms with Crippen molar-refractivity contribution >= 4 is 28.9 Å². The zero-order valence-electron chi connectivity index (χ0n) is 20.0. The van der Waals surface area contributed by atoms with E-state index in [-0.39, 0.29) is 30.3 Å². The first-order valence-corrected chi connectivity index (χ1v) is 11.1. The van der Waals surface area contributed by atoms with Crippen LogP contribution in [0.1, 0.15) is 15.9 Å². The number of nitrogens with zero attached hydrogens (tertiary/aromatic N) is 1. The molecule has 2 amide bonds. The first-order valence-electron chi connectivity index (χ1n) is 11.1. The summed E-state index contributed by atoms with van der Waals surface area (Å²) in [5.74, 6) is 1.04. The fourth-order valence-electron chi connectivity index (χ4n) is 3.60. The molecule has 0 saturated carbocycles. The van der Waals surface area contributed by atoms with Crippen LogP contribution in [0.2, 0.25) is 0 Å². The second-order valence-electron chi connectivity index (χ2n) is 7.85. The molecular weight excluding hydrogens is 484 g/mol. The number of amides is 2. The number of nitro benzene ring substituents is 1. The lowest BCUT2D eigenvalue weighted by Gasteiger charge is -2.14. The van der Waals surface area contributed by atoms with Crippen LogP contribution in [0.5, 0.6) is 23.0 Å². The molecule has 1 heterocycles. The van der Waals surface area contributed by atoms with Gasteiger partial charge in [0.05, 0.1) is 42.6 Å². The van der Waals surface area contributed by atoms with Crippen molar-refractivity contribution < 1.29 is 33.5 Å². The van der Waals surface area contributed by atoms with Crippen LogP contribution in [0.25, 0.3) is 0 Å². The van der Waals surface area contributed by atoms with E-state index in [2.05, 4.69) is 16.0 Å². The molecule has 0 spiro atoms. The largest absolute Gasteiger partial charge is 0.497 e. The summed E-state index contributed by atoms with van der Waals surface area (Å²) in [5, 5.41) is 19.6. The van der Waals surface area contributed by atoms with E-state index in [0.29, 0.717) is 35.2 Å². The minimum atomic E-state index is -0.671. The summed E-state index contributed by atoms with van der Waals surface area (Å²) in [4.78, 5) is 36.4. The predicted octanol–water partition coefficient (Wildman–Crippen LogP) is 3.32. The van der Waals surface area contributed by atoms with Gasteiger partial charge in [-0.3, -0.25) is 19.7 Å². The molecule has 0 aromatic heterocycles. The first-order chi connectivity index (χ1) is 17.9. The average molecular weight is 508 g/mol. The Morgan fingerprint density at radius 1 is 0.946 bits per heavy atom. The summed E-state index contributed by atoms with van der Waals surface area (Å²) >= 11 is 0. The van der Waals surface area contributed by atoms with Gasteiger partial charge in [-0.2, -0.15) is 0 Å². The number of ether oxygens (including phenoxy) is 4. The van der Waals surface area contributed by atoms with Crippen LogP contribution in [-0.2, 0) is 11.3 Å². The van der Waals surface area contributed by atoms with Gasteiger partial charge < -0.3 is 34.9 Å². The van der Waals surface area contributed by atoms with E-state index in [9.17, 15) is 19.7 Å². The molecule has 3 aromatic rings. The molecule has 0 bridgehead atoms. The number of nitro groups is 1. The van der Waals surface area contributed by atoms with E-state index in [4.69, 9.17) is 18.9 Å². The molecule has 12 heteroatoms. The van der Waals surface area contributed by atoms with E-state index < -0.39 is 16.7 Å². The van der Waals surface area contributed by atoms with Crippen LogP contribution >= 0.6 is 0 Å². The van der Waals surface area contributed by atoms with Crippen molar-refractivity contribution in [1.82, 2.24) is 5.32 Å². The van der Waals surface area contributed by atoms with Gasteiger partial charge >= 0.3 is 0 Å². The Kier molecular flexibility index (Phi) is 7.69. The molecule has 0 atom stereocenters. The van der Waals surface area contributed by atoms with Gasteiger partial charge in [-0.15, -0.1) is 0 Å². The number of fused-ring (bicyclic) bond motifs is 1. The van der Waals surface area contributed by atoms with Gasteiger partial charge in [0.1, 0.15) is 11.5 Å². The molecule has 12 nitrogen and oxygen atoms in total. The molecule has 0 fully saturated rings. The number of non-ortho nitro benzene ring substituents is 1. The van der Waals surface area contributed by atoms with Crippen molar-refractivity contribution in [3.8, 4) is 23.0 Å². The number of carbonyl (C=O) groups excluding carboxylic acids is 2. The monoisotopic (exact) mass is 508 g/mol. The fourth-order valence-corrected chi connectivity index (χ4v) is 3.60. The van der Waals surface area contributed by atoms with Gasteiger partial charge in [0.2, 0.25) is 12.7 Å². The zero-order valence-corrected chi connectivity index (χ0v) is 20.0. The normalized spacial score (nSPS) is 11.5. The van der Waals surface area contributed by atoms with E-state index in [0.717, 1.165) is 11.6 Å². The van der Waals surface area contributed by atoms with Crippen LogP contribution in [-0.4, -0.2) is 44.3 Å². The van der Waals surface area contributed by atoms with Gasteiger partial charge in [-0.1, -0.05) is 6.07 Å². The summed E-state index contributed by atoms with van der Waals surface area (Å²) in [6, 6.07) is 13.9. The van der Waals surface area contributed by atoms with Gasteiger partial charge in [-0.05, 0) is 35.9 Å². The van der Waals surface area contributed by atoms with Gasteiger partial charge in [0.15, 0.2) is 11.5 Å². The third-order valence-electron chi connectivity index (χ3n) is 5.44. The van der Waals surface area contributed by atoms with Crippen molar-refractivity contribution in [2.75, 3.05) is 38.2 Å². The summed E-state index contributed by atoms with van der Waals surface area (Å²) in [6.45, 7) is 0.485. The number of benzene rings is 3. The molecular formula is C25H24N4O8. The maximum atomic E-state index is 13.1. The maximum absolute atomic E-state index is 13.1. The number of nitrogens with one attached hydrogen (secondary N) is 3. The number of hydrogen-bond acceptors (Lipinski definition) is 9. The zero-order chi connectivity index (χ0) is 26.4. The van der Waals surface area contributed by atoms with Crippen LogP contribution in [0.15, 0.2) is 54.6 Å². The smallest absolute Gasteiger partial charge is 0.270 e. The molecule has 0 aliphatic carbocycles. The van der Waals surface area contributed by atoms with Gasteiger partial charge in [0.25, 0.3) is 11.6 Å². The SMILES string of the molecule is COc1ccc(NC(=O)c2cc([N+](=O)[O-])ccc2NC(=O)CNCc2ccc3c(c2)OCO3)c(OC)c1. The standard InChI is InChI=1S/C25H24N4O8/c1-34-17-5-7-20(22(11-17)35-2)28-25(31)18-10-16(29(32)33)4-6-19(18)27-24(30)13-26-12-15-3-8-21-23(9-15)37-14-36-21/h3-11,26H,12-14H2,1-2H3,(H,27,30)(H,28,31). The van der Waals surface area contributed by atoms with Crippen molar-refractivity contribution in [3.63, 3.8) is 0 Å². The molecule has 4 rings (SSSR count). The van der Waals surface area contributed by atoms with Crippen molar-refractivity contribution in [3.05, 3.63) is 75.8 Å². The van der Waals surface area contributed by atoms with Crippen LogP contribution < -0.4 is 34.9 Å². The van der Waals surface area contributed by atoms with Crippen LogP contribution in [0, 0.1) is 10.1 Å². The second kappa shape index (κ2) is 11.3. The van der Waals surface area contributed by atoms with Crippen molar-refractivity contribution in [1.29, 1.82) is 0 Å². The van der Waals surface area contributed by atoms with E-state index >= 15 is 0 Å². The number of carbonyl (C=O) groups is 2. The Morgan fingerprint density at radius 2 is 1.73 bits per heavy atom. The van der Waals surface area contributed by atoms with E-state index in [1.165, 1.54) is 26.4 Å². The topological polar surface area (TPSA) is 150 Å². The Hall–Kier alpha value is -4.84. The number of hydrogen-bond donors (Lipinski definition) is 3. The highest BCUT2D eigenvalue weighted by Crippen LogP contribution is 2.33. The molecule has 192 valence electrons. The lowest BCUT2D eigenvalue weighted by atomic mass is 10.1. The highest BCUT2D eigenvalue weighted by molar-refractivity contribution is 6.11. The molecule has 3 aromatic carbocycles. The van der Waals surface area contributed by atoms with E-state index in [1.807, 2.05) is 12.1 Å². The van der Waals surface area contributed by atoms with Crippen molar-refractivity contribution in [2.45, 2.75) is 6.54 Å². The van der Waals surface area contributed by atoms with Crippen LogP contribution in [0.3, 0.4) is 0 Å². The number of methoxy groups -OCH3 is 2. The van der Waals surface area contributed by atoms with E-state index in [1.54, 1.807) is 24.3 Å².